The zero-order valence-corrected chi connectivity index (χ0v) is 7.36. The van der Waals surface area contributed by atoms with E-state index in [-0.39, 0.29) is 12.2 Å². The third kappa shape index (κ3) is 1.40. The summed E-state index contributed by atoms with van der Waals surface area (Å²) in [6.07, 6.45) is 1.82. The molecule has 0 radical (unpaired) electrons. The first-order chi connectivity index (χ1) is 5.68. The van der Waals surface area contributed by atoms with E-state index in [1.165, 1.54) is 0 Å². The first kappa shape index (κ1) is 8.23. The van der Waals surface area contributed by atoms with Crippen LogP contribution in [0.5, 0.6) is 0 Å². The zero-order chi connectivity index (χ0) is 8.72. The lowest BCUT2D eigenvalue weighted by molar-refractivity contribution is -0.0101. The molecule has 4 unspecified atom stereocenters. The third-order valence-corrected chi connectivity index (χ3v) is 2.46. The van der Waals surface area contributed by atoms with Crippen LogP contribution >= 0.6 is 0 Å². The van der Waals surface area contributed by atoms with Gasteiger partial charge in [0.25, 0.3) is 0 Å². The fraction of sp³-hybridized carbons (Fsp3) is 0.778. The Kier molecular flexibility index (Phi) is 1.94. The Morgan fingerprint density at radius 2 is 2.08 bits per heavy atom. The molecular weight excluding hydrogens is 156 g/mol. The van der Waals surface area contributed by atoms with Gasteiger partial charge in [0.1, 0.15) is 6.10 Å². The first-order valence-corrected chi connectivity index (χ1v) is 4.34. The average molecular weight is 170 g/mol. The predicted molar refractivity (Wildman–Crippen MR) is 43.8 cm³/mol. The summed E-state index contributed by atoms with van der Waals surface area (Å²) in [4.78, 5) is 0. The van der Waals surface area contributed by atoms with Crippen molar-refractivity contribution in [2.24, 2.45) is 0 Å². The first-order valence-electron chi connectivity index (χ1n) is 4.34. The Morgan fingerprint density at radius 1 is 1.42 bits per heavy atom. The van der Waals surface area contributed by atoms with Gasteiger partial charge in [-0.05, 0) is 25.5 Å². The summed E-state index contributed by atoms with van der Waals surface area (Å²) >= 11 is 0. The van der Waals surface area contributed by atoms with E-state index >= 15 is 0 Å². The molecular formula is C9H14O3. The highest BCUT2D eigenvalue weighted by Gasteiger charge is 2.39. The van der Waals surface area contributed by atoms with E-state index in [1.54, 1.807) is 0 Å². The smallest absolute Gasteiger partial charge is 0.107 e. The van der Waals surface area contributed by atoms with Gasteiger partial charge in [0.2, 0.25) is 0 Å². The monoisotopic (exact) mass is 170 g/mol. The Bertz CT molecular complexity index is 212. The molecule has 0 aromatic carbocycles. The van der Waals surface area contributed by atoms with Crippen molar-refractivity contribution in [3.8, 4) is 0 Å². The van der Waals surface area contributed by atoms with Gasteiger partial charge in [-0.15, -0.1) is 0 Å². The lowest BCUT2D eigenvalue weighted by Crippen LogP contribution is -2.31. The number of hydrogen-bond acceptors (Lipinski definition) is 3. The number of aliphatic hydroxyl groups excluding tert-OH is 1. The Labute approximate surface area is 72.0 Å². The summed E-state index contributed by atoms with van der Waals surface area (Å²) in [5.74, 6) is 0. The van der Waals surface area contributed by atoms with E-state index in [9.17, 15) is 5.11 Å². The van der Waals surface area contributed by atoms with Crippen molar-refractivity contribution < 1.29 is 14.6 Å². The van der Waals surface area contributed by atoms with E-state index < -0.39 is 6.10 Å². The second-order valence-corrected chi connectivity index (χ2v) is 3.51. The van der Waals surface area contributed by atoms with Crippen molar-refractivity contribution in [2.75, 3.05) is 6.61 Å². The Morgan fingerprint density at radius 3 is 2.58 bits per heavy atom. The van der Waals surface area contributed by atoms with Crippen molar-refractivity contribution >= 4 is 0 Å². The topological polar surface area (TPSA) is 42.0 Å². The van der Waals surface area contributed by atoms with Gasteiger partial charge in [-0.1, -0.05) is 0 Å². The number of hydrogen-bond donors (Lipinski definition) is 1. The molecule has 2 aliphatic heterocycles. The van der Waals surface area contributed by atoms with Crippen molar-refractivity contribution in [3.05, 3.63) is 11.6 Å². The van der Waals surface area contributed by atoms with Crippen molar-refractivity contribution in [3.63, 3.8) is 0 Å². The molecule has 68 valence electrons. The lowest BCUT2D eigenvalue weighted by Gasteiger charge is -2.23. The summed E-state index contributed by atoms with van der Waals surface area (Å²) in [6, 6.07) is 0. The van der Waals surface area contributed by atoms with E-state index in [1.807, 2.05) is 19.9 Å². The molecule has 2 aliphatic rings. The highest BCUT2D eigenvalue weighted by Crippen LogP contribution is 2.31. The minimum Gasteiger partial charge on any atom is -0.386 e. The summed E-state index contributed by atoms with van der Waals surface area (Å²) in [7, 11) is 0. The number of aliphatic hydroxyl groups is 1. The van der Waals surface area contributed by atoms with Gasteiger partial charge in [-0.25, -0.2) is 0 Å². The van der Waals surface area contributed by atoms with Crippen LogP contribution in [0.25, 0.3) is 0 Å². The molecule has 2 rings (SSSR count). The largest absolute Gasteiger partial charge is 0.386 e. The SMILES string of the molecule is CC1OCC(C2OC2C)=CC1O. The second-order valence-electron chi connectivity index (χ2n) is 3.51. The van der Waals surface area contributed by atoms with Crippen LogP contribution in [0.2, 0.25) is 0 Å². The molecule has 0 aliphatic carbocycles. The normalized spacial score (nSPS) is 47.1. The molecule has 0 amide bonds. The maximum absolute atomic E-state index is 9.45. The van der Waals surface area contributed by atoms with Gasteiger partial charge in [0.15, 0.2) is 0 Å². The molecule has 3 heteroatoms. The van der Waals surface area contributed by atoms with Gasteiger partial charge in [-0.2, -0.15) is 0 Å². The third-order valence-electron chi connectivity index (χ3n) is 2.46. The minimum absolute atomic E-state index is 0.0807. The molecule has 1 fully saturated rings. The highest BCUT2D eigenvalue weighted by atomic mass is 16.6. The molecule has 1 saturated heterocycles. The fourth-order valence-corrected chi connectivity index (χ4v) is 1.48. The van der Waals surface area contributed by atoms with Crippen molar-refractivity contribution in [1.82, 2.24) is 0 Å². The molecule has 0 spiro atoms. The van der Waals surface area contributed by atoms with Crippen LogP contribution in [-0.4, -0.2) is 36.1 Å². The summed E-state index contributed by atoms with van der Waals surface area (Å²) in [6.45, 7) is 4.50. The quantitative estimate of drug-likeness (QED) is 0.459. The van der Waals surface area contributed by atoms with E-state index in [2.05, 4.69) is 0 Å². The van der Waals surface area contributed by atoms with Crippen LogP contribution < -0.4 is 0 Å². The molecule has 1 N–H and O–H groups in total. The molecule has 3 nitrogen and oxygen atoms in total. The van der Waals surface area contributed by atoms with Gasteiger partial charge in [0.05, 0.1) is 24.9 Å². The van der Waals surface area contributed by atoms with Crippen LogP contribution in [0.4, 0.5) is 0 Å². The molecule has 0 bridgehead atoms. The summed E-state index contributed by atoms with van der Waals surface area (Å²) < 4.78 is 10.6. The van der Waals surface area contributed by atoms with E-state index in [0.717, 1.165) is 5.57 Å². The Hall–Kier alpha value is -0.380. The number of ether oxygens (including phenoxy) is 2. The number of rotatable bonds is 1. The lowest BCUT2D eigenvalue weighted by atomic mass is 10.0. The molecule has 0 aromatic rings. The average Bonchev–Trinajstić information content (AvgIpc) is 2.73. The van der Waals surface area contributed by atoms with Crippen LogP contribution in [0.1, 0.15) is 13.8 Å². The van der Waals surface area contributed by atoms with E-state index in [0.29, 0.717) is 12.7 Å². The second kappa shape index (κ2) is 2.83. The Balaban J connectivity index is 2.03. The zero-order valence-electron chi connectivity index (χ0n) is 7.36. The maximum atomic E-state index is 9.45. The molecule has 2 heterocycles. The molecule has 12 heavy (non-hydrogen) atoms. The van der Waals surface area contributed by atoms with Crippen LogP contribution in [0, 0.1) is 0 Å². The van der Waals surface area contributed by atoms with Gasteiger partial charge in [0, 0.05) is 0 Å². The molecule has 0 aromatic heterocycles. The number of epoxide rings is 1. The van der Waals surface area contributed by atoms with Crippen LogP contribution in [0.3, 0.4) is 0 Å². The van der Waals surface area contributed by atoms with Gasteiger partial charge < -0.3 is 14.6 Å². The van der Waals surface area contributed by atoms with Gasteiger partial charge in [-0.3, -0.25) is 0 Å². The maximum Gasteiger partial charge on any atom is 0.107 e. The predicted octanol–water partition coefficient (Wildman–Crippen LogP) is 0.480. The van der Waals surface area contributed by atoms with Crippen molar-refractivity contribution in [1.29, 1.82) is 0 Å². The highest BCUT2D eigenvalue weighted by molar-refractivity contribution is 5.20. The van der Waals surface area contributed by atoms with Crippen LogP contribution in [-0.2, 0) is 9.47 Å². The standard InChI is InChI=1S/C9H14O3/c1-5-8(10)3-7(4-11-5)9-6(2)12-9/h3,5-6,8-10H,4H2,1-2H3. The summed E-state index contributed by atoms with van der Waals surface area (Å²) in [5, 5.41) is 9.45. The molecule has 0 saturated carbocycles. The van der Waals surface area contributed by atoms with E-state index in [4.69, 9.17) is 9.47 Å². The molecule has 4 atom stereocenters. The minimum atomic E-state index is -0.467. The van der Waals surface area contributed by atoms with Crippen LogP contribution in [0.15, 0.2) is 11.6 Å². The summed E-state index contributed by atoms with van der Waals surface area (Å²) in [5.41, 5.74) is 1.09. The van der Waals surface area contributed by atoms with Crippen molar-refractivity contribution in [2.45, 2.75) is 38.3 Å². The fourth-order valence-electron chi connectivity index (χ4n) is 1.48. The van der Waals surface area contributed by atoms with Gasteiger partial charge >= 0.3 is 0 Å².